The summed E-state index contributed by atoms with van der Waals surface area (Å²) < 4.78 is 0. The van der Waals surface area contributed by atoms with Crippen molar-refractivity contribution >= 4 is 0 Å². The van der Waals surface area contributed by atoms with E-state index in [0.29, 0.717) is 0 Å². The third kappa shape index (κ3) is 2.58. The van der Waals surface area contributed by atoms with Crippen molar-refractivity contribution in [3.05, 3.63) is 0 Å². The molecule has 2 atom stereocenters. The third-order valence-electron chi connectivity index (χ3n) is 4.64. The van der Waals surface area contributed by atoms with Gasteiger partial charge in [0.1, 0.15) is 0 Å². The van der Waals surface area contributed by atoms with Gasteiger partial charge in [0.15, 0.2) is 0 Å². The zero-order valence-corrected chi connectivity index (χ0v) is 11.1. The molecule has 2 fully saturated rings. The van der Waals surface area contributed by atoms with Gasteiger partial charge in [-0.25, -0.2) is 0 Å². The number of nitrogens with one attached hydrogen (secondary N) is 1. The second-order valence-electron chi connectivity index (χ2n) is 5.59. The summed E-state index contributed by atoms with van der Waals surface area (Å²) in [4.78, 5) is 5.12. The van der Waals surface area contributed by atoms with Gasteiger partial charge in [0, 0.05) is 18.1 Å². The van der Waals surface area contributed by atoms with Crippen molar-refractivity contribution in [2.75, 3.05) is 34.2 Å². The predicted molar refractivity (Wildman–Crippen MR) is 68.8 cm³/mol. The van der Waals surface area contributed by atoms with Gasteiger partial charge in [0.2, 0.25) is 0 Å². The lowest BCUT2D eigenvalue weighted by Gasteiger charge is -2.40. The second-order valence-corrected chi connectivity index (χ2v) is 5.59. The molecule has 0 bridgehead atoms. The van der Waals surface area contributed by atoms with Gasteiger partial charge >= 0.3 is 0 Å². The summed E-state index contributed by atoms with van der Waals surface area (Å²) in [7, 11) is 6.70. The highest BCUT2D eigenvalue weighted by Gasteiger charge is 2.33. The minimum atomic E-state index is 0.727. The maximum absolute atomic E-state index is 3.49. The first-order valence-corrected chi connectivity index (χ1v) is 6.80. The van der Waals surface area contributed by atoms with E-state index >= 15 is 0 Å². The van der Waals surface area contributed by atoms with E-state index in [1.165, 1.54) is 45.2 Å². The first-order valence-electron chi connectivity index (χ1n) is 6.80. The minimum absolute atomic E-state index is 0.727. The van der Waals surface area contributed by atoms with Gasteiger partial charge < -0.3 is 10.2 Å². The van der Waals surface area contributed by atoms with Crippen molar-refractivity contribution in [1.82, 2.24) is 15.1 Å². The lowest BCUT2D eigenvalue weighted by atomic mass is 10.0. The molecule has 1 aliphatic heterocycles. The maximum Gasteiger partial charge on any atom is 0.0249 e. The van der Waals surface area contributed by atoms with Gasteiger partial charge in [-0.15, -0.1) is 0 Å². The maximum atomic E-state index is 3.49. The summed E-state index contributed by atoms with van der Waals surface area (Å²) >= 11 is 0. The van der Waals surface area contributed by atoms with Crippen LogP contribution in [0.5, 0.6) is 0 Å². The average molecular weight is 225 g/mol. The molecule has 0 aromatic carbocycles. The van der Waals surface area contributed by atoms with Crippen LogP contribution in [-0.2, 0) is 0 Å². The molecule has 0 aromatic heterocycles. The molecule has 16 heavy (non-hydrogen) atoms. The Morgan fingerprint density at radius 2 is 1.81 bits per heavy atom. The molecular formula is C13H27N3. The van der Waals surface area contributed by atoms with Crippen LogP contribution in [-0.4, -0.2) is 62.2 Å². The molecule has 2 unspecified atom stereocenters. The number of likely N-dealkylation sites (tertiary alicyclic amines) is 1. The number of rotatable bonds is 3. The van der Waals surface area contributed by atoms with Crippen LogP contribution < -0.4 is 5.32 Å². The molecule has 1 saturated carbocycles. The molecular weight excluding hydrogens is 198 g/mol. The van der Waals surface area contributed by atoms with E-state index in [4.69, 9.17) is 0 Å². The summed E-state index contributed by atoms with van der Waals surface area (Å²) in [5.41, 5.74) is 0. The van der Waals surface area contributed by atoms with Crippen molar-refractivity contribution in [3.8, 4) is 0 Å². The molecule has 0 aromatic rings. The fourth-order valence-corrected chi connectivity index (χ4v) is 3.44. The predicted octanol–water partition coefficient (Wildman–Crippen LogP) is 1.15. The lowest BCUT2D eigenvalue weighted by molar-refractivity contribution is 0.0979. The van der Waals surface area contributed by atoms with Crippen LogP contribution in [0.1, 0.15) is 32.1 Å². The number of piperidine rings is 1. The van der Waals surface area contributed by atoms with Gasteiger partial charge in [-0.2, -0.15) is 0 Å². The molecule has 1 heterocycles. The van der Waals surface area contributed by atoms with Gasteiger partial charge in [-0.3, -0.25) is 4.90 Å². The number of likely N-dealkylation sites (N-methyl/N-ethyl adjacent to an activating group) is 2. The van der Waals surface area contributed by atoms with E-state index in [0.717, 1.165) is 18.1 Å². The van der Waals surface area contributed by atoms with Crippen LogP contribution in [0.15, 0.2) is 0 Å². The summed E-state index contributed by atoms with van der Waals surface area (Å²) in [5, 5.41) is 3.49. The van der Waals surface area contributed by atoms with E-state index in [1.54, 1.807) is 0 Å². The Morgan fingerprint density at radius 1 is 1.12 bits per heavy atom. The standard InChI is InChI=1S/C13H27N3/c1-14-12-5-4-6-13(12)16(3)11-7-9-15(2)10-8-11/h11-14H,4-10H2,1-3H3. The van der Waals surface area contributed by atoms with Gasteiger partial charge in [-0.1, -0.05) is 6.42 Å². The highest BCUT2D eigenvalue weighted by molar-refractivity contribution is 4.92. The lowest BCUT2D eigenvalue weighted by Crippen LogP contribution is -2.51. The quantitative estimate of drug-likeness (QED) is 0.777. The first kappa shape index (κ1) is 12.3. The third-order valence-corrected chi connectivity index (χ3v) is 4.64. The Morgan fingerprint density at radius 3 is 2.44 bits per heavy atom. The zero-order valence-electron chi connectivity index (χ0n) is 11.1. The van der Waals surface area contributed by atoms with E-state index in [9.17, 15) is 0 Å². The molecule has 2 aliphatic rings. The van der Waals surface area contributed by atoms with Crippen LogP contribution in [0.3, 0.4) is 0 Å². The molecule has 0 spiro atoms. The average Bonchev–Trinajstić information content (AvgIpc) is 2.77. The second kappa shape index (κ2) is 5.48. The summed E-state index contributed by atoms with van der Waals surface area (Å²) in [6.45, 7) is 2.54. The molecule has 2 rings (SSSR count). The largest absolute Gasteiger partial charge is 0.315 e. The van der Waals surface area contributed by atoms with Crippen molar-refractivity contribution < 1.29 is 0 Å². The summed E-state index contributed by atoms with van der Waals surface area (Å²) in [5.74, 6) is 0. The zero-order chi connectivity index (χ0) is 11.5. The number of hydrogen-bond donors (Lipinski definition) is 1. The molecule has 1 N–H and O–H groups in total. The van der Waals surface area contributed by atoms with Crippen LogP contribution in [0.2, 0.25) is 0 Å². The van der Waals surface area contributed by atoms with Crippen molar-refractivity contribution in [2.24, 2.45) is 0 Å². The van der Waals surface area contributed by atoms with Crippen molar-refractivity contribution in [1.29, 1.82) is 0 Å². The van der Waals surface area contributed by atoms with Gasteiger partial charge in [0.25, 0.3) is 0 Å². The Bertz CT molecular complexity index is 211. The Balaban J connectivity index is 1.88. The van der Waals surface area contributed by atoms with Gasteiger partial charge in [-0.05, 0) is 59.9 Å². The van der Waals surface area contributed by atoms with Crippen LogP contribution in [0.4, 0.5) is 0 Å². The van der Waals surface area contributed by atoms with Crippen molar-refractivity contribution in [2.45, 2.75) is 50.2 Å². The number of nitrogens with zero attached hydrogens (tertiary/aromatic N) is 2. The fourth-order valence-electron chi connectivity index (χ4n) is 3.44. The van der Waals surface area contributed by atoms with Gasteiger partial charge in [0.05, 0.1) is 0 Å². The minimum Gasteiger partial charge on any atom is -0.315 e. The van der Waals surface area contributed by atoms with Crippen LogP contribution in [0, 0.1) is 0 Å². The van der Waals surface area contributed by atoms with E-state index < -0.39 is 0 Å². The smallest absolute Gasteiger partial charge is 0.0249 e. The normalized spacial score (nSPS) is 33.8. The van der Waals surface area contributed by atoms with Crippen LogP contribution >= 0.6 is 0 Å². The molecule has 1 saturated heterocycles. The monoisotopic (exact) mass is 225 g/mol. The molecule has 1 aliphatic carbocycles. The van der Waals surface area contributed by atoms with E-state index in [1.807, 2.05) is 0 Å². The molecule has 94 valence electrons. The topological polar surface area (TPSA) is 18.5 Å². The van der Waals surface area contributed by atoms with Crippen LogP contribution in [0.25, 0.3) is 0 Å². The molecule has 0 amide bonds. The summed E-state index contributed by atoms with van der Waals surface area (Å²) in [6, 6.07) is 2.32. The fraction of sp³-hybridized carbons (Fsp3) is 1.00. The van der Waals surface area contributed by atoms with Crippen molar-refractivity contribution in [3.63, 3.8) is 0 Å². The SMILES string of the molecule is CNC1CCCC1N(C)C1CCN(C)CC1. The van der Waals surface area contributed by atoms with E-state index in [-0.39, 0.29) is 0 Å². The first-order chi connectivity index (χ1) is 7.72. The highest BCUT2D eigenvalue weighted by atomic mass is 15.2. The molecule has 3 nitrogen and oxygen atoms in total. The summed E-state index contributed by atoms with van der Waals surface area (Å²) in [6.07, 6.45) is 6.83. The number of hydrogen-bond acceptors (Lipinski definition) is 3. The Kier molecular flexibility index (Phi) is 4.22. The Hall–Kier alpha value is -0.120. The van der Waals surface area contributed by atoms with E-state index in [2.05, 4.69) is 36.3 Å². The molecule has 3 heteroatoms. The molecule has 0 radical (unpaired) electrons. The highest BCUT2D eigenvalue weighted by Crippen LogP contribution is 2.27. The Labute approximate surface area is 100 Å².